The molecule has 12 nitrogen and oxygen atoms in total. The molecule has 142 valence electrons. The molecule has 2 rings (SSSR count). The second-order valence-corrected chi connectivity index (χ2v) is 10.7. The molecule has 0 saturated heterocycles. The quantitative estimate of drug-likeness (QED) is 0.151. The summed E-state index contributed by atoms with van der Waals surface area (Å²) in [4.78, 5) is 60.2. The second kappa shape index (κ2) is 6.75. The number of carbonyl (C=O) groups is 1. The van der Waals surface area contributed by atoms with Crippen LogP contribution in [-0.4, -0.2) is 68.2 Å². The van der Waals surface area contributed by atoms with Crippen molar-refractivity contribution in [1.82, 2.24) is 9.55 Å². The second-order valence-electron chi connectivity index (χ2n) is 5.87. The first-order chi connectivity index (χ1) is 11.5. The standard InChI is InChI=1S/C11H19N3O9P2/c12-5-8(15)10(23-17)2-1-9(10)24(18,19)11(16,25(20,21)22)6-14-4-3-13-7-14/h3-4,7,9,16,18-19H,1-2,5-6,12H2,(H2-,17,20,21,22)/p+1. The van der Waals surface area contributed by atoms with Crippen LogP contribution in [0.15, 0.2) is 18.7 Å². The van der Waals surface area contributed by atoms with Gasteiger partial charge in [0.15, 0.2) is 11.4 Å². The Morgan fingerprint density at radius 2 is 2.16 bits per heavy atom. The van der Waals surface area contributed by atoms with E-state index in [9.17, 15) is 34.0 Å². The molecule has 25 heavy (non-hydrogen) atoms. The number of carbonyl (C=O) groups excluding carboxylic acids is 1. The SMILES string of the molecule is NCC(=O)C1(OO)CCC1[P+](O)(O)C(O)(Cn1ccnc1)P(=O)(O)O. The van der Waals surface area contributed by atoms with Crippen LogP contribution in [0, 0.1) is 0 Å². The Hall–Kier alpha value is -0.780. The Balaban J connectivity index is 2.49. The minimum absolute atomic E-state index is 0.126. The van der Waals surface area contributed by atoms with E-state index in [1.165, 1.54) is 12.4 Å². The summed E-state index contributed by atoms with van der Waals surface area (Å²) in [5.41, 5.74) is 1.48. The normalized spacial score (nSPS) is 26.8. The van der Waals surface area contributed by atoms with E-state index in [1.807, 2.05) is 0 Å². The zero-order valence-corrected chi connectivity index (χ0v) is 14.7. The summed E-state index contributed by atoms with van der Waals surface area (Å²) in [7, 11) is -10.5. The molecule has 1 fully saturated rings. The monoisotopic (exact) mass is 400 g/mol. The van der Waals surface area contributed by atoms with Gasteiger partial charge in [0.25, 0.3) is 0 Å². The van der Waals surface area contributed by atoms with E-state index < -0.39 is 50.5 Å². The smallest absolute Gasteiger partial charge is 0.342 e. The predicted octanol–water partition coefficient (Wildman–Crippen LogP) is -1.54. The highest BCUT2D eigenvalue weighted by Crippen LogP contribution is 2.81. The number of Topliss-reactive ketones (excluding diaryl/α,β-unsaturated/α-hetero) is 1. The zero-order chi connectivity index (χ0) is 19.1. The zero-order valence-electron chi connectivity index (χ0n) is 12.9. The van der Waals surface area contributed by atoms with E-state index in [-0.39, 0.29) is 12.8 Å². The molecule has 0 spiro atoms. The highest BCUT2D eigenvalue weighted by molar-refractivity contribution is 7.79. The van der Waals surface area contributed by atoms with Crippen LogP contribution in [0.1, 0.15) is 12.8 Å². The lowest BCUT2D eigenvalue weighted by molar-refractivity contribution is -0.328. The lowest BCUT2D eigenvalue weighted by Crippen LogP contribution is -2.63. The Morgan fingerprint density at radius 1 is 1.52 bits per heavy atom. The molecular formula is C11H20N3O9P2+. The summed E-state index contributed by atoms with van der Waals surface area (Å²) < 4.78 is 13.0. The third-order valence-electron chi connectivity index (χ3n) is 4.53. The molecule has 1 aliphatic carbocycles. The van der Waals surface area contributed by atoms with E-state index in [4.69, 9.17) is 11.0 Å². The topological polar surface area (TPSA) is 209 Å². The van der Waals surface area contributed by atoms with Gasteiger partial charge < -0.3 is 25.2 Å². The number of imidazole rings is 1. The van der Waals surface area contributed by atoms with Gasteiger partial charge in [-0.1, -0.05) is 0 Å². The first kappa shape index (κ1) is 20.5. The van der Waals surface area contributed by atoms with E-state index in [0.29, 0.717) is 0 Å². The lowest BCUT2D eigenvalue weighted by Gasteiger charge is -2.47. The van der Waals surface area contributed by atoms with Crippen LogP contribution in [0.5, 0.6) is 0 Å². The minimum atomic E-state index is -5.51. The summed E-state index contributed by atoms with van der Waals surface area (Å²) in [6.45, 7) is -1.50. The molecule has 1 saturated carbocycles. The van der Waals surface area contributed by atoms with Gasteiger partial charge in [-0.3, -0.25) is 14.6 Å². The van der Waals surface area contributed by atoms with Gasteiger partial charge in [0, 0.05) is 12.4 Å². The maximum atomic E-state index is 12.0. The van der Waals surface area contributed by atoms with Crippen LogP contribution in [0.3, 0.4) is 0 Å². The Morgan fingerprint density at radius 3 is 2.52 bits per heavy atom. The Kier molecular flexibility index (Phi) is 5.54. The fourth-order valence-electron chi connectivity index (χ4n) is 2.92. The Bertz CT molecular complexity index is 674. The summed E-state index contributed by atoms with van der Waals surface area (Å²) in [5.74, 6) is -0.880. The van der Waals surface area contributed by atoms with Crippen molar-refractivity contribution in [1.29, 1.82) is 0 Å². The van der Waals surface area contributed by atoms with Crippen LogP contribution in [-0.2, 0) is 20.8 Å². The maximum Gasteiger partial charge on any atom is 0.403 e. The van der Waals surface area contributed by atoms with Gasteiger partial charge in [-0.2, -0.15) is 0 Å². The van der Waals surface area contributed by atoms with Crippen LogP contribution >= 0.6 is 15.3 Å². The number of aliphatic hydroxyl groups is 1. The highest BCUT2D eigenvalue weighted by Gasteiger charge is 2.79. The van der Waals surface area contributed by atoms with Crippen LogP contribution < -0.4 is 5.73 Å². The average Bonchev–Trinajstić information content (AvgIpc) is 2.97. The molecule has 0 amide bonds. The van der Waals surface area contributed by atoms with Crippen molar-refractivity contribution in [2.45, 2.75) is 35.7 Å². The van der Waals surface area contributed by atoms with Crippen molar-refractivity contribution in [2.75, 3.05) is 6.54 Å². The van der Waals surface area contributed by atoms with Crippen molar-refractivity contribution < 1.29 is 44.2 Å². The molecule has 14 heteroatoms. The molecule has 3 atom stereocenters. The summed E-state index contributed by atoms with van der Waals surface area (Å²) in [5, 5.41) is 16.4. The largest absolute Gasteiger partial charge is 0.403 e. The van der Waals surface area contributed by atoms with Gasteiger partial charge in [-0.15, -0.1) is 0 Å². The molecule has 3 unspecified atom stereocenters. The van der Waals surface area contributed by atoms with Gasteiger partial charge in [-0.25, -0.2) is 19.7 Å². The maximum absolute atomic E-state index is 12.0. The van der Waals surface area contributed by atoms with E-state index in [0.717, 1.165) is 10.9 Å². The predicted molar refractivity (Wildman–Crippen MR) is 84.1 cm³/mol. The molecule has 1 aromatic rings. The fraction of sp³-hybridized carbons (Fsp3) is 0.636. The summed E-state index contributed by atoms with van der Waals surface area (Å²) in [6.07, 6.45) is 3.36. The average molecular weight is 400 g/mol. The molecule has 1 aromatic heterocycles. The molecule has 1 heterocycles. The number of nitrogens with two attached hydrogens (primary N) is 1. The molecule has 8 N–H and O–H groups in total. The van der Waals surface area contributed by atoms with Crippen LogP contribution in [0.2, 0.25) is 0 Å². The molecule has 0 aromatic carbocycles. The molecular weight excluding hydrogens is 380 g/mol. The molecule has 1 aliphatic rings. The number of aromatic nitrogens is 2. The molecule has 0 radical (unpaired) electrons. The first-order valence-electron chi connectivity index (χ1n) is 7.10. The fourth-order valence-corrected chi connectivity index (χ4v) is 7.49. The van der Waals surface area contributed by atoms with Crippen molar-refractivity contribution >= 4 is 21.1 Å². The van der Waals surface area contributed by atoms with Crippen molar-refractivity contribution in [2.24, 2.45) is 5.73 Å². The number of rotatable bonds is 8. The third-order valence-corrected chi connectivity index (χ3v) is 10.0. The molecule has 0 aliphatic heterocycles. The molecule has 0 bridgehead atoms. The third kappa shape index (κ3) is 3.08. The summed E-state index contributed by atoms with van der Waals surface area (Å²) >= 11 is 0. The van der Waals surface area contributed by atoms with Crippen molar-refractivity contribution in [3.05, 3.63) is 18.7 Å². The van der Waals surface area contributed by atoms with Gasteiger partial charge in [0.1, 0.15) is 6.54 Å². The van der Waals surface area contributed by atoms with Crippen LogP contribution in [0.4, 0.5) is 0 Å². The first-order valence-corrected chi connectivity index (χ1v) is 10.5. The van der Waals surface area contributed by atoms with Gasteiger partial charge in [-0.05, 0) is 12.8 Å². The highest BCUT2D eigenvalue weighted by atomic mass is 31.3. The lowest BCUT2D eigenvalue weighted by atomic mass is 9.76. The van der Waals surface area contributed by atoms with E-state index >= 15 is 0 Å². The number of hydrogen-bond donors (Lipinski definition) is 7. The van der Waals surface area contributed by atoms with Crippen molar-refractivity contribution in [3.63, 3.8) is 0 Å². The van der Waals surface area contributed by atoms with E-state index in [2.05, 4.69) is 9.87 Å². The number of nitrogens with zero attached hydrogens (tertiary/aromatic N) is 2. The van der Waals surface area contributed by atoms with Crippen LogP contribution in [0.25, 0.3) is 0 Å². The van der Waals surface area contributed by atoms with Crippen molar-refractivity contribution in [3.8, 4) is 0 Å². The number of hydrogen-bond acceptors (Lipinski definition) is 9. The summed E-state index contributed by atoms with van der Waals surface area (Å²) in [6, 6.07) is 0. The Labute approximate surface area is 142 Å². The number of ketones is 1. The van der Waals surface area contributed by atoms with Gasteiger partial charge in [0.2, 0.25) is 5.60 Å². The van der Waals surface area contributed by atoms with E-state index in [1.54, 1.807) is 0 Å². The minimum Gasteiger partial charge on any atom is -0.342 e. The van der Waals surface area contributed by atoms with Gasteiger partial charge in [0.05, 0.1) is 12.9 Å². The van der Waals surface area contributed by atoms with Gasteiger partial charge >= 0.3 is 20.4 Å².